The van der Waals surface area contributed by atoms with Crippen molar-refractivity contribution in [3.05, 3.63) is 24.0 Å². The normalized spacial score (nSPS) is 9.94. The first-order valence-electron chi connectivity index (χ1n) is 5.26. The molecule has 1 aromatic heterocycles. The summed E-state index contributed by atoms with van der Waals surface area (Å²) >= 11 is 4.77. The van der Waals surface area contributed by atoms with Crippen LogP contribution in [0.4, 0.5) is 0 Å². The fourth-order valence-corrected chi connectivity index (χ4v) is 1.48. The third-order valence-electron chi connectivity index (χ3n) is 2.33. The number of thiocarbonyl (C=S) groups is 1. The van der Waals surface area contributed by atoms with Crippen LogP contribution in [0.2, 0.25) is 0 Å². The molecule has 1 amide bonds. The lowest BCUT2D eigenvalue weighted by Crippen LogP contribution is -2.33. The summed E-state index contributed by atoms with van der Waals surface area (Å²) in [6, 6.07) is 1.49. The van der Waals surface area contributed by atoms with Gasteiger partial charge in [0.1, 0.15) is 5.75 Å². The summed E-state index contributed by atoms with van der Waals surface area (Å²) < 4.78 is 0. The minimum absolute atomic E-state index is 0.119. The van der Waals surface area contributed by atoms with Gasteiger partial charge in [-0.15, -0.1) is 0 Å². The molecule has 0 saturated heterocycles. The third kappa shape index (κ3) is 3.67. The number of pyridine rings is 1. The molecule has 0 aliphatic carbocycles. The van der Waals surface area contributed by atoms with Crippen LogP contribution >= 0.6 is 12.2 Å². The van der Waals surface area contributed by atoms with Crippen LogP contribution in [0.3, 0.4) is 0 Å². The first kappa shape index (κ1) is 13.4. The zero-order valence-corrected chi connectivity index (χ0v) is 10.4. The lowest BCUT2D eigenvalue weighted by molar-refractivity contribution is 0.0765. The lowest BCUT2D eigenvalue weighted by Gasteiger charge is -2.20. The van der Waals surface area contributed by atoms with Gasteiger partial charge in [-0.25, -0.2) is 0 Å². The summed E-state index contributed by atoms with van der Waals surface area (Å²) in [6.45, 7) is 2.84. The number of hydrogen-bond acceptors (Lipinski definition) is 4. The highest BCUT2D eigenvalue weighted by Gasteiger charge is 2.17. The molecule has 0 bridgehead atoms. The smallest absolute Gasteiger partial charge is 0.257 e. The molecule has 5 nitrogen and oxygen atoms in total. The Kier molecular flexibility index (Phi) is 4.84. The number of aromatic hydroxyl groups is 1. The second-order valence-electron chi connectivity index (χ2n) is 3.49. The number of carbonyl (C=O) groups is 1. The minimum Gasteiger partial charge on any atom is -0.505 e. The summed E-state index contributed by atoms with van der Waals surface area (Å²) in [4.78, 5) is 17.7. The molecule has 1 aromatic rings. The number of rotatable bonds is 5. The molecule has 0 radical (unpaired) electrons. The Labute approximate surface area is 105 Å². The number of amides is 1. The molecule has 0 fully saturated rings. The molecule has 6 heteroatoms. The highest BCUT2D eigenvalue weighted by Crippen LogP contribution is 2.16. The molecule has 0 aromatic carbocycles. The van der Waals surface area contributed by atoms with E-state index in [2.05, 4.69) is 4.98 Å². The fraction of sp³-hybridized carbons (Fsp3) is 0.364. The van der Waals surface area contributed by atoms with Crippen LogP contribution in [0, 0.1) is 0 Å². The predicted octanol–water partition coefficient (Wildman–Crippen LogP) is 0.926. The Morgan fingerprint density at radius 3 is 2.88 bits per heavy atom. The number of nitrogens with two attached hydrogens (primary N) is 1. The van der Waals surface area contributed by atoms with E-state index >= 15 is 0 Å². The van der Waals surface area contributed by atoms with Gasteiger partial charge in [-0.05, 0) is 13.0 Å². The van der Waals surface area contributed by atoms with E-state index in [-0.39, 0.29) is 17.2 Å². The standard InChI is InChI=1S/C11H15N3O2S/c1-2-14(6-4-10(12)17)11(16)8-3-5-13-7-9(8)15/h3,5,7,15H,2,4,6H2,1H3,(H2,12,17). The van der Waals surface area contributed by atoms with Crippen LogP contribution in [0.25, 0.3) is 0 Å². The van der Waals surface area contributed by atoms with Crippen molar-refractivity contribution in [2.45, 2.75) is 13.3 Å². The molecule has 92 valence electrons. The van der Waals surface area contributed by atoms with Crippen molar-refractivity contribution < 1.29 is 9.90 Å². The van der Waals surface area contributed by atoms with Gasteiger partial charge in [0, 0.05) is 25.7 Å². The van der Waals surface area contributed by atoms with E-state index in [9.17, 15) is 9.90 Å². The van der Waals surface area contributed by atoms with E-state index in [4.69, 9.17) is 18.0 Å². The van der Waals surface area contributed by atoms with E-state index in [1.807, 2.05) is 6.92 Å². The zero-order chi connectivity index (χ0) is 12.8. The van der Waals surface area contributed by atoms with E-state index in [0.717, 1.165) is 0 Å². The summed E-state index contributed by atoms with van der Waals surface area (Å²) in [7, 11) is 0. The number of carbonyl (C=O) groups excluding carboxylic acids is 1. The first-order valence-corrected chi connectivity index (χ1v) is 5.67. The van der Waals surface area contributed by atoms with Gasteiger partial charge in [-0.2, -0.15) is 0 Å². The molecular weight excluding hydrogens is 238 g/mol. The van der Waals surface area contributed by atoms with Crippen LogP contribution in [0.1, 0.15) is 23.7 Å². The minimum atomic E-state index is -0.247. The van der Waals surface area contributed by atoms with Crippen LogP contribution in [0.5, 0.6) is 5.75 Å². The van der Waals surface area contributed by atoms with Crippen LogP contribution in [0.15, 0.2) is 18.5 Å². The van der Waals surface area contributed by atoms with E-state index in [1.54, 1.807) is 4.90 Å². The van der Waals surface area contributed by atoms with Crippen molar-refractivity contribution in [2.24, 2.45) is 5.73 Å². The molecule has 0 atom stereocenters. The lowest BCUT2D eigenvalue weighted by atomic mass is 10.2. The summed E-state index contributed by atoms with van der Waals surface area (Å²) in [5.41, 5.74) is 5.64. The van der Waals surface area contributed by atoms with Gasteiger partial charge in [0.15, 0.2) is 0 Å². The number of nitrogens with zero attached hydrogens (tertiary/aromatic N) is 2. The van der Waals surface area contributed by atoms with Gasteiger partial charge < -0.3 is 15.7 Å². The fourth-order valence-electron chi connectivity index (χ4n) is 1.39. The highest BCUT2D eigenvalue weighted by atomic mass is 32.1. The van der Waals surface area contributed by atoms with Gasteiger partial charge in [0.2, 0.25) is 0 Å². The quantitative estimate of drug-likeness (QED) is 0.763. The van der Waals surface area contributed by atoms with Gasteiger partial charge >= 0.3 is 0 Å². The molecule has 0 aliphatic rings. The molecule has 1 rings (SSSR count). The van der Waals surface area contributed by atoms with Crippen LogP contribution in [-0.2, 0) is 0 Å². The van der Waals surface area contributed by atoms with Crippen molar-refractivity contribution in [1.82, 2.24) is 9.88 Å². The van der Waals surface area contributed by atoms with Gasteiger partial charge in [-0.1, -0.05) is 12.2 Å². The number of hydrogen-bond donors (Lipinski definition) is 2. The summed E-state index contributed by atoms with van der Waals surface area (Å²) in [5, 5.41) is 9.54. The average Bonchev–Trinajstić information content (AvgIpc) is 2.29. The third-order valence-corrected chi connectivity index (χ3v) is 2.53. The Morgan fingerprint density at radius 1 is 1.65 bits per heavy atom. The maximum atomic E-state index is 12.1. The average molecular weight is 253 g/mol. The Hall–Kier alpha value is -1.69. The van der Waals surface area contributed by atoms with Crippen molar-refractivity contribution in [1.29, 1.82) is 0 Å². The Morgan fingerprint density at radius 2 is 2.35 bits per heavy atom. The van der Waals surface area contributed by atoms with Gasteiger partial charge in [0.25, 0.3) is 5.91 Å². The SMILES string of the molecule is CCN(CCC(N)=S)C(=O)c1ccncc1O. The largest absolute Gasteiger partial charge is 0.505 e. The Bertz CT molecular complexity index is 423. The highest BCUT2D eigenvalue weighted by molar-refractivity contribution is 7.80. The second kappa shape index (κ2) is 6.15. The van der Waals surface area contributed by atoms with Crippen LogP contribution in [-0.4, -0.2) is 39.0 Å². The summed E-state index contributed by atoms with van der Waals surface area (Å²) in [6.07, 6.45) is 3.18. The van der Waals surface area contributed by atoms with E-state index < -0.39 is 0 Å². The van der Waals surface area contributed by atoms with Crippen molar-refractivity contribution >= 4 is 23.1 Å². The topological polar surface area (TPSA) is 79.5 Å². The van der Waals surface area contributed by atoms with Crippen molar-refractivity contribution in [2.75, 3.05) is 13.1 Å². The predicted molar refractivity (Wildman–Crippen MR) is 68.9 cm³/mol. The molecule has 3 N–H and O–H groups in total. The summed E-state index contributed by atoms with van der Waals surface area (Å²) in [5.74, 6) is -0.366. The molecule has 0 unspecified atom stereocenters. The van der Waals surface area contributed by atoms with E-state index in [0.29, 0.717) is 24.5 Å². The molecule has 17 heavy (non-hydrogen) atoms. The monoisotopic (exact) mass is 253 g/mol. The maximum Gasteiger partial charge on any atom is 0.257 e. The first-order chi connectivity index (χ1) is 8.06. The van der Waals surface area contributed by atoms with Crippen molar-refractivity contribution in [3.8, 4) is 5.75 Å². The zero-order valence-electron chi connectivity index (χ0n) is 9.59. The van der Waals surface area contributed by atoms with Gasteiger partial charge in [-0.3, -0.25) is 9.78 Å². The molecule has 0 spiro atoms. The Balaban J connectivity index is 2.79. The van der Waals surface area contributed by atoms with Crippen LogP contribution < -0.4 is 5.73 Å². The van der Waals surface area contributed by atoms with Crippen molar-refractivity contribution in [3.63, 3.8) is 0 Å². The molecule has 0 saturated carbocycles. The van der Waals surface area contributed by atoms with E-state index in [1.165, 1.54) is 18.5 Å². The number of aromatic nitrogens is 1. The maximum absolute atomic E-state index is 12.1. The van der Waals surface area contributed by atoms with Gasteiger partial charge in [0.05, 0.1) is 16.7 Å². The molecular formula is C11H15N3O2S. The molecule has 1 heterocycles. The second-order valence-corrected chi connectivity index (χ2v) is 4.02. The molecule has 0 aliphatic heterocycles.